The summed E-state index contributed by atoms with van der Waals surface area (Å²) in [6.07, 6.45) is 12.0. The zero-order valence-electron chi connectivity index (χ0n) is 50.9. The van der Waals surface area contributed by atoms with E-state index in [0.717, 1.165) is 131 Å². The molecule has 0 spiro atoms. The third kappa shape index (κ3) is 7.97. The molecule has 0 fully saturated rings. The molecule has 0 saturated heterocycles. The molecule has 0 radical (unpaired) electrons. The molecule has 9 aromatic carbocycles. The van der Waals surface area contributed by atoms with Gasteiger partial charge in [-0.05, 0) is 128 Å². The number of hydrogen-bond acceptors (Lipinski definition) is 5. The van der Waals surface area contributed by atoms with Crippen LogP contribution in [0, 0.1) is 40.1 Å². The Bertz CT molecular complexity index is 6440. The largest absolute Gasteiger partial charge is 0.456 e. The smallest absolute Gasteiger partial charge is 0.227 e. The molecule has 0 amide bonds. The minimum atomic E-state index is 0.656. The third-order valence-electron chi connectivity index (χ3n) is 19.1. The fourth-order valence-corrected chi connectivity index (χ4v) is 14.8. The van der Waals surface area contributed by atoms with E-state index in [0.29, 0.717) is 34.2 Å². The third-order valence-corrected chi connectivity index (χ3v) is 19.1. The van der Waals surface area contributed by atoms with Gasteiger partial charge in [0.1, 0.15) is 55.9 Å². The van der Waals surface area contributed by atoms with Crippen LogP contribution in [-0.2, 0) is 26.2 Å². The van der Waals surface area contributed by atoms with Crippen molar-refractivity contribution in [3.63, 3.8) is 0 Å². The number of furan rings is 3. The SMILES string of the molecule is [C-]#[N+]c1ccc2c(c1)c[n+]1n2-c2c(C)ccc(C)c2C1.[C-]#[N+]c1ccc2c(c1)c[n+]1n2-c2c(ccc3c2oc2ncccc23)C1.[C-]#[N+]c1ccc2c(c1)c[n+]1n2-c2cc3oc4ccccc4c3cc2C1.[C-]#[N+]c1ccc2c(c1)c[n+]1n2-c2cc3oc4ncccc4c3cc2C1. The predicted molar refractivity (Wildman–Crippen MR) is 362 cm³/mol. The zero-order chi connectivity index (χ0) is 63.5. The lowest BCUT2D eigenvalue weighted by molar-refractivity contribution is -0.749. The molecule has 444 valence electrons. The molecule has 0 aliphatic carbocycles. The van der Waals surface area contributed by atoms with E-state index >= 15 is 0 Å². The van der Waals surface area contributed by atoms with Crippen molar-refractivity contribution < 1.29 is 32.0 Å². The number of pyridine rings is 2. The molecule has 18 aromatic rings. The van der Waals surface area contributed by atoms with Crippen LogP contribution in [0.25, 0.3) is 152 Å². The highest BCUT2D eigenvalue weighted by molar-refractivity contribution is 6.08. The highest BCUT2D eigenvalue weighted by Gasteiger charge is 2.35. The highest BCUT2D eigenvalue weighted by atomic mass is 16.3. The first kappa shape index (κ1) is 53.4. The summed E-state index contributed by atoms with van der Waals surface area (Å²) in [6, 6.07) is 56.8. The number of para-hydroxylation sites is 1. The van der Waals surface area contributed by atoms with Crippen molar-refractivity contribution in [2.75, 3.05) is 0 Å². The van der Waals surface area contributed by atoms with Gasteiger partial charge in [-0.25, -0.2) is 29.3 Å². The Morgan fingerprint density at radius 1 is 0.368 bits per heavy atom. The first-order valence-corrected chi connectivity index (χ1v) is 31.0. The number of fused-ring (bicyclic) bond motifs is 30. The van der Waals surface area contributed by atoms with Crippen LogP contribution >= 0.6 is 0 Å². The summed E-state index contributed by atoms with van der Waals surface area (Å²) in [7, 11) is 0. The van der Waals surface area contributed by atoms with Gasteiger partial charge in [-0.2, -0.15) is 0 Å². The van der Waals surface area contributed by atoms with Gasteiger partial charge < -0.3 is 13.3 Å². The molecule has 17 heteroatoms. The summed E-state index contributed by atoms with van der Waals surface area (Å²) in [5, 5.41) is 10.9. The number of hydrogen-bond donors (Lipinski definition) is 0. The molecule has 95 heavy (non-hydrogen) atoms. The van der Waals surface area contributed by atoms with Gasteiger partial charge in [0.05, 0.1) is 59.0 Å². The Kier molecular flexibility index (Phi) is 11.2. The standard InChI is InChI=1S/C21H12N3O.2C20H11N4O.C17H14N3/c1-22-15-6-7-18-13(8-15)11-23-12-14-9-17-16-4-2-3-5-20(16)25-21(17)10-19(14)24(18)23;1-21-14-5-7-17-13(9-14)11-23-10-12-4-6-15-16-3-2-8-22-20(16)25-19(15)18(12)24(17)23;1-21-14-4-5-17-12(7-14)10-23-11-13-8-16-15-3-2-6-22-20(15)25-19(16)9-18(13)24(17)23;1-11-4-5-12(2)17-15(11)10-19-9-13-8-14(18-3)6-7-16(13)20(17)19/h2-11H,12H2;2-9,11H,10H2;2-10H,11H2;4-9H,10H2,1-2H3/q4*+1. The number of aromatic nitrogens is 10. The zero-order valence-corrected chi connectivity index (χ0v) is 50.9. The molecule has 0 unspecified atom stereocenters. The van der Waals surface area contributed by atoms with E-state index in [-0.39, 0.29) is 0 Å². The van der Waals surface area contributed by atoms with E-state index in [9.17, 15) is 0 Å². The summed E-state index contributed by atoms with van der Waals surface area (Å²) in [5.41, 5.74) is 24.5. The van der Waals surface area contributed by atoms with Gasteiger partial charge in [-0.15, -0.1) is 37.5 Å². The molecule has 9 aromatic heterocycles. The predicted octanol–water partition coefficient (Wildman–Crippen LogP) is 16.4. The quantitative estimate of drug-likeness (QED) is 0.111. The maximum absolute atomic E-state index is 7.21. The topological polar surface area (TPSA) is 118 Å². The normalized spacial score (nSPS) is 12.5. The van der Waals surface area contributed by atoms with Gasteiger partial charge in [-0.1, -0.05) is 54.6 Å². The molecule has 4 aliphatic heterocycles. The monoisotopic (exact) mass is 1230 g/mol. The van der Waals surface area contributed by atoms with Crippen LogP contribution in [0.4, 0.5) is 22.7 Å². The van der Waals surface area contributed by atoms with Crippen molar-refractivity contribution in [3.8, 4) is 22.7 Å². The van der Waals surface area contributed by atoms with E-state index < -0.39 is 0 Å². The molecule has 13 heterocycles. The molecule has 22 rings (SSSR count). The van der Waals surface area contributed by atoms with Crippen LogP contribution in [-0.4, -0.2) is 28.7 Å². The molecular weight excluding hydrogens is 1180 g/mol. The average molecular weight is 1230 g/mol. The molecule has 0 bridgehead atoms. The lowest BCUT2D eigenvalue weighted by Gasteiger charge is -2.04. The molecular formula is C78H48N14O3+4. The summed E-state index contributed by atoms with van der Waals surface area (Å²) in [4.78, 5) is 22.8. The first-order valence-electron chi connectivity index (χ1n) is 31.0. The van der Waals surface area contributed by atoms with Crippen molar-refractivity contribution in [2.24, 2.45) is 0 Å². The van der Waals surface area contributed by atoms with Crippen LogP contribution in [0.1, 0.15) is 33.4 Å². The minimum absolute atomic E-state index is 0.656. The fraction of sp³-hybridized carbons (Fsp3) is 0.0769. The first-order chi connectivity index (χ1) is 46.6. The number of aryl methyl sites for hydroxylation is 2. The summed E-state index contributed by atoms with van der Waals surface area (Å²) in [6.45, 7) is 36.4. The van der Waals surface area contributed by atoms with Gasteiger partial charge in [0.2, 0.25) is 36.2 Å². The minimum Gasteiger partial charge on any atom is -0.456 e. The number of benzene rings is 9. The molecule has 0 N–H and O–H groups in total. The van der Waals surface area contributed by atoms with Gasteiger partial charge in [0.15, 0.2) is 60.2 Å². The van der Waals surface area contributed by atoms with Gasteiger partial charge in [0, 0.05) is 68.0 Å². The van der Waals surface area contributed by atoms with E-state index in [1.54, 1.807) is 12.4 Å². The molecule has 17 nitrogen and oxygen atoms in total. The van der Waals surface area contributed by atoms with Crippen LogP contribution < -0.4 is 18.7 Å². The van der Waals surface area contributed by atoms with E-state index in [1.807, 2.05) is 109 Å². The lowest BCUT2D eigenvalue weighted by atomic mass is 10.0. The molecule has 0 saturated carbocycles. The molecule has 0 atom stereocenters. The second-order valence-corrected chi connectivity index (χ2v) is 24.5. The Morgan fingerprint density at radius 3 is 1.39 bits per heavy atom. The summed E-state index contributed by atoms with van der Waals surface area (Å²) >= 11 is 0. The van der Waals surface area contributed by atoms with Gasteiger partial charge in [0.25, 0.3) is 0 Å². The average Bonchev–Trinajstić information content (AvgIpc) is 1.58. The second kappa shape index (κ2) is 20.0. The van der Waals surface area contributed by atoms with Crippen LogP contribution in [0.3, 0.4) is 0 Å². The van der Waals surface area contributed by atoms with E-state index in [4.69, 9.17) is 39.5 Å². The van der Waals surface area contributed by atoms with Gasteiger partial charge >= 0.3 is 0 Å². The summed E-state index contributed by atoms with van der Waals surface area (Å²) < 4.78 is 35.8. The van der Waals surface area contributed by atoms with Crippen molar-refractivity contribution in [2.45, 2.75) is 40.0 Å². The maximum Gasteiger partial charge on any atom is 0.227 e. The lowest BCUT2D eigenvalue weighted by Crippen LogP contribution is -2.36. The van der Waals surface area contributed by atoms with Crippen molar-refractivity contribution in [3.05, 3.63) is 286 Å². The molecule has 4 aliphatic rings. The van der Waals surface area contributed by atoms with E-state index in [1.165, 1.54) is 50.0 Å². The van der Waals surface area contributed by atoms with Crippen molar-refractivity contribution in [1.82, 2.24) is 28.7 Å². The van der Waals surface area contributed by atoms with Crippen LogP contribution in [0.15, 0.2) is 220 Å². The van der Waals surface area contributed by atoms with Crippen LogP contribution in [0.2, 0.25) is 0 Å². The van der Waals surface area contributed by atoms with Gasteiger partial charge in [-0.3, -0.25) is 0 Å². The Labute approximate surface area is 539 Å². The Balaban J connectivity index is 0.0000000900. The second-order valence-electron chi connectivity index (χ2n) is 24.5. The van der Waals surface area contributed by atoms with Crippen LogP contribution in [0.5, 0.6) is 0 Å². The fourth-order valence-electron chi connectivity index (χ4n) is 14.8. The van der Waals surface area contributed by atoms with E-state index in [2.05, 4.69) is 166 Å². The van der Waals surface area contributed by atoms with Crippen molar-refractivity contribution >= 4 is 132 Å². The summed E-state index contributed by atoms with van der Waals surface area (Å²) in [5.74, 6) is 0. The van der Waals surface area contributed by atoms with Crippen molar-refractivity contribution in [1.29, 1.82) is 0 Å². The Morgan fingerprint density at radius 2 is 0.821 bits per heavy atom. The Hall–Kier alpha value is -13.5. The number of nitrogens with zero attached hydrogens (tertiary/aromatic N) is 14. The highest BCUT2D eigenvalue weighted by Crippen LogP contribution is 2.40. The number of rotatable bonds is 0. The maximum atomic E-state index is 7.21.